The number of aliphatic hydroxyl groups is 2. The third kappa shape index (κ3) is 2.71. The summed E-state index contributed by atoms with van der Waals surface area (Å²) in [6, 6.07) is 0. The molecular weight excluding hydrogens is 340 g/mol. The van der Waals surface area contributed by atoms with E-state index in [0.717, 1.165) is 19.3 Å². The molecular formula is C23H32O4. The summed E-state index contributed by atoms with van der Waals surface area (Å²) in [5.41, 5.74) is 0.885. The fourth-order valence-corrected chi connectivity index (χ4v) is 7.53. The van der Waals surface area contributed by atoms with Gasteiger partial charge in [-0.15, -0.1) is 0 Å². The van der Waals surface area contributed by atoms with E-state index in [1.54, 1.807) is 12.2 Å². The highest BCUT2D eigenvalue weighted by molar-refractivity contribution is 6.01. The number of carbonyl (C=O) groups is 2. The van der Waals surface area contributed by atoms with Crippen molar-refractivity contribution in [3.05, 3.63) is 23.8 Å². The van der Waals surface area contributed by atoms with Crippen molar-refractivity contribution < 1.29 is 19.8 Å². The lowest BCUT2D eigenvalue weighted by atomic mass is 9.45. The van der Waals surface area contributed by atoms with Gasteiger partial charge in [-0.2, -0.15) is 0 Å². The number of hydrogen-bond acceptors (Lipinski definition) is 4. The van der Waals surface area contributed by atoms with Crippen molar-refractivity contribution in [3.8, 4) is 0 Å². The van der Waals surface area contributed by atoms with E-state index in [1.165, 1.54) is 5.57 Å². The van der Waals surface area contributed by atoms with Crippen LogP contribution < -0.4 is 0 Å². The SMILES string of the molecule is CC1CC2C(C(O)CC3(C)C(CC(=O)CO)CCC23)C2(C)C=CC(=O)C=C12. The van der Waals surface area contributed by atoms with Gasteiger partial charge < -0.3 is 10.2 Å². The van der Waals surface area contributed by atoms with Gasteiger partial charge in [-0.3, -0.25) is 9.59 Å². The number of allylic oxidation sites excluding steroid dienone is 4. The number of rotatable bonds is 3. The van der Waals surface area contributed by atoms with E-state index in [2.05, 4.69) is 20.8 Å². The highest BCUT2D eigenvalue weighted by atomic mass is 16.3. The van der Waals surface area contributed by atoms with Crippen molar-refractivity contribution in [3.63, 3.8) is 0 Å². The molecule has 0 heterocycles. The number of hydrogen-bond donors (Lipinski definition) is 2. The molecule has 148 valence electrons. The van der Waals surface area contributed by atoms with Crippen molar-refractivity contribution >= 4 is 11.6 Å². The zero-order valence-electron chi connectivity index (χ0n) is 16.6. The van der Waals surface area contributed by atoms with Crippen molar-refractivity contribution in [1.29, 1.82) is 0 Å². The van der Waals surface area contributed by atoms with Gasteiger partial charge in [0.2, 0.25) is 0 Å². The van der Waals surface area contributed by atoms with Gasteiger partial charge in [-0.25, -0.2) is 0 Å². The fourth-order valence-electron chi connectivity index (χ4n) is 7.53. The first-order valence-electron chi connectivity index (χ1n) is 10.5. The molecule has 2 N–H and O–H groups in total. The van der Waals surface area contributed by atoms with Crippen LogP contribution in [0.3, 0.4) is 0 Å². The maximum Gasteiger partial charge on any atom is 0.178 e. The minimum atomic E-state index is -0.431. The number of carbonyl (C=O) groups excluding carboxylic acids is 2. The predicted molar refractivity (Wildman–Crippen MR) is 103 cm³/mol. The van der Waals surface area contributed by atoms with Gasteiger partial charge in [0.1, 0.15) is 6.61 Å². The van der Waals surface area contributed by atoms with Gasteiger partial charge in [0.05, 0.1) is 6.10 Å². The van der Waals surface area contributed by atoms with Gasteiger partial charge in [-0.1, -0.05) is 32.4 Å². The van der Waals surface area contributed by atoms with E-state index in [4.69, 9.17) is 0 Å². The Morgan fingerprint density at radius 1 is 1.30 bits per heavy atom. The highest BCUT2D eigenvalue weighted by Gasteiger charge is 2.62. The topological polar surface area (TPSA) is 74.6 Å². The first-order valence-corrected chi connectivity index (χ1v) is 10.5. The van der Waals surface area contributed by atoms with E-state index in [9.17, 15) is 19.8 Å². The Hall–Kier alpha value is -1.26. The summed E-state index contributed by atoms with van der Waals surface area (Å²) < 4.78 is 0. The molecule has 27 heavy (non-hydrogen) atoms. The predicted octanol–water partition coefficient (Wildman–Crippen LogP) is 3.08. The number of Topliss-reactive ketones (excluding diaryl/α,β-unsaturated/α-hetero) is 1. The molecule has 3 fully saturated rings. The molecule has 0 radical (unpaired) electrons. The minimum absolute atomic E-state index is 0.0447. The minimum Gasteiger partial charge on any atom is -0.393 e. The van der Waals surface area contributed by atoms with Crippen LogP contribution in [0.25, 0.3) is 0 Å². The van der Waals surface area contributed by atoms with E-state index < -0.39 is 6.10 Å². The standard InChI is InChI=1S/C23H32O4/c1-13-8-17-18-5-4-14(9-16(26)12-24)23(18,3)11-20(27)21(17)22(2)7-6-15(25)10-19(13)22/h6-7,10,13-14,17-18,20-21,24,27H,4-5,8-9,11-12H2,1-3H3. The Bertz CT molecular complexity index is 722. The van der Waals surface area contributed by atoms with E-state index >= 15 is 0 Å². The summed E-state index contributed by atoms with van der Waals surface area (Å²) in [4.78, 5) is 23.9. The van der Waals surface area contributed by atoms with Gasteiger partial charge in [0.25, 0.3) is 0 Å². The van der Waals surface area contributed by atoms with Gasteiger partial charge in [-0.05, 0) is 66.9 Å². The van der Waals surface area contributed by atoms with Crippen molar-refractivity contribution in [2.75, 3.05) is 6.61 Å². The molecule has 0 amide bonds. The molecule has 4 aliphatic carbocycles. The number of fused-ring (bicyclic) bond motifs is 5. The second-order valence-corrected chi connectivity index (χ2v) is 10.0. The molecule has 4 heteroatoms. The molecule has 3 saturated carbocycles. The van der Waals surface area contributed by atoms with Gasteiger partial charge in [0.15, 0.2) is 11.6 Å². The van der Waals surface area contributed by atoms with Gasteiger partial charge in [0, 0.05) is 17.8 Å². The Kier molecular flexibility index (Phi) is 4.51. The normalized spacial score (nSPS) is 48.5. The Morgan fingerprint density at radius 3 is 2.74 bits per heavy atom. The van der Waals surface area contributed by atoms with Crippen LogP contribution in [0.15, 0.2) is 23.8 Å². The van der Waals surface area contributed by atoms with E-state index in [-0.39, 0.29) is 40.8 Å². The number of ketones is 2. The highest BCUT2D eigenvalue weighted by Crippen LogP contribution is 2.67. The Morgan fingerprint density at radius 2 is 2.04 bits per heavy atom. The van der Waals surface area contributed by atoms with Crippen LogP contribution in [-0.2, 0) is 9.59 Å². The van der Waals surface area contributed by atoms with Crippen molar-refractivity contribution in [1.82, 2.24) is 0 Å². The molecule has 4 nitrogen and oxygen atoms in total. The average molecular weight is 373 g/mol. The summed E-state index contributed by atoms with van der Waals surface area (Å²) >= 11 is 0. The molecule has 0 aliphatic heterocycles. The van der Waals surface area contributed by atoms with Crippen LogP contribution in [0, 0.1) is 40.4 Å². The second-order valence-electron chi connectivity index (χ2n) is 10.0. The van der Waals surface area contributed by atoms with Gasteiger partial charge >= 0.3 is 0 Å². The van der Waals surface area contributed by atoms with Crippen LogP contribution in [0.1, 0.15) is 52.9 Å². The van der Waals surface area contributed by atoms with E-state index in [1.807, 2.05) is 6.08 Å². The lowest BCUT2D eigenvalue weighted by Gasteiger charge is -2.60. The largest absolute Gasteiger partial charge is 0.393 e. The van der Waals surface area contributed by atoms with Crippen molar-refractivity contribution in [2.24, 2.45) is 40.4 Å². The summed E-state index contributed by atoms with van der Waals surface area (Å²) in [5.74, 6) is 1.60. The molecule has 0 aromatic heterocycles. The lowest BCUT2D eigenvalue weighted by Crippen LogP contribution is -2.57. The second kappa shape index (κ2) is 6.38. The molecule has 0 aromatic rings. The fraction of sp³-hybridized carbons (Fsp3) is 0.739. The molecule has 8 atom stereocenters. The first kappa shape index (κ1) is 19.1. The Labute approximate surface area is 161 Å². The monoisotopic (exact) mass is 372 g/mol. The summed E-state index contributed by atoms with van der Waals surface area (Å²) in [6.07, 6.45) is 9.34. The quantitative estimate of drug-likeness (QED) is 0.798. The third-order valence-corrected chi connectivity index (χ3v) is 8.66. The van der Waals surface area contributed by atoms with E-state index in [0.29, 0.717) is 30.6 Å². The van der Waals surface area contributed by atoms with Crippen LogP contribution in [0.4, 0.5) is 0 Å². The first-order chi connectivity index (χ1) is 12.7. The van der Waals surface area contributed by atoms with Crippen molar-refractivity contribution in [2.45, 2.75) is 59.0 Å². The molecule has 0 spiro atoms. The maximum absolute atomic E-state index is 12.0. The lowest BCUT2D eigenvalue weighted by molar-refractivity contribution is -0.132. The molecule has 0 saturated heterocycles. The summed E-state index contributed by atoms with van der Waals surface area (Å²) in [6.45, 7) is 6.29. The molecule has 0 aromatic carbocycles. The third-order valence-electron chi connectivity index (χ3n) is 8.66. The van der Waals surface area contributed by atoms with Crippen LogP contribution in [0.5, 0.6) is 0 Å². The van der Waals surface area contributed by atoms with Crippen LogP contribution in [0.2, 0.25) is 0 Å². The summed E-state index contributed by atoms with van der Waals surface area (Å²) in [5, 5.41) is 20.5. The summed E-state index contributed by atoms with van der Waals surface area (Å²) in [7, 11) is 0. The molecule has 4 rings (SSSR count). The molecule has 0 bridgehead atoms. The zero-order valence-corrected chi connectivity index (χ0v) is 16.6. The maximum atomic E-state index is 12.0. The number of aliphatic hydroxyl groups excluding tert-OH is 2. The van der Waals surface area contributed by atoms with Crippen LogP contribution in [-0.4, -0.2) is 34.5 Å². The molecule has 4 aliphatic rings. The average Bonchev–Trinajstić information content (AvgIpc) is 2.92. The van der Waals surface area contributed by atoms with Crippen LogP contribution >= 0.6 is 0 Å². The Balaban J connectivity index is 1.69. The zero-order chi connectivity index (χ0) is 19.6. The molecule has 8 unspecified atom stereocenters. The smallest absolute Gasteiger partial charge is 0.178 e.